The van der Waals surface area contributed by atoms with E-state index >= 15 is 0 Å². The van der Waals surface area contributed by atoms with E-state index in [-0.39, 0.29) is 22.8 Å². The van der Waals surface area contributed by atoms with Crippen LogP contribution in [0.25, 0.3) is 0 Å². The molecule has 1 saturated carbocycles. The monoisotopic (exact) mass is 324 g/mol. The van der Waals surface area contributed by atoms with Gasteiger partial charge in [0.25, 0.3) is 5.91 Å². The number of aromatic nitrogens is 1. The van der Waals surface area contributed by atoms with Crippen molar-refractivity contribution in [2.24, 2.45) is 0 Å². The van der Waals surface area contributed by atoms with E-state index in [0.29, 0.717) is 11.6 Å². The van der Waals surface area contributed by atoms with E-state index < -0.39 is 0 Å². The molecule has 2 aromatic heterocycles. The number of pyridine rings is 1. The third-order valence-electron chi connectivity index (χ3n) is 3.39. The van der Waals surface area contributed by atoms with Gasteiger partial charge in [0.15, 0.2) is 0 Å². The van der Waals surface area contributed by atoms with Crippen LogP contribution >= 0.6 is 23.2 Å². The normalized spacial score (nSPS) is 14.2. The maximum Gasteiger partial charge on any atom is 0.274 e. The lowest BCUT2D eigenvalue weighted by molar-refractivity contribution is 0.0711. The van der Waals surface area contributed by atoms with Crippen LogP contribution in [0, 0.1) is 6.92 Å². The highest BCUT2D eigenvalue weighted by atomic mass is 35.5. The third kappa shape index (κ3) is 3.22. The van der Waals surface area contributed by atoms with Crippen molar-refractivity contribution in [3.8, 4) is 0 Å². The molecular formula is C15H14Cl2N2O2. The third-order valence-corrected chi connectivity index (χ3v) is 3.90. The van der Waals surface area contributed by atoms with E-state index in [2.05, 4.69) is 4.98 Å². The number of halogens is 2. The minimum absolute atomic E-state index is 0.194. The fourth-order valence-corrected chi connectivity index (χ4v) is 2.53. The molecule has 0 aromatic carbocycles. The topological polar surface area (TPSA) is 46.3 Å². The van der Waals surface area contributed by atoms with Crippen LogP contribution in [-0.2, 0) is 6.54 Å². The van der Waals surface area contributed by atoms with Gasteiger partial charge in [-0.2, -0.15) is 0 Å². The van der Waals surface area contributed by atoms with Crippen molar-refractivity contribution in [3.05, 3.63) is 51.7 Å². The lowest BCUT2D eigenvalue weighted by Crippen LogP contribution is -2.33. The minimum atomic E-state index is -0.209. The van der Waals surface area contributed by atoms with Crippen LogP contribution in [0.5, 0.6) is 0 Å². The number of aryl methyl sites for hydroxylation is 1. The van der Waals surface area contributed by atoms with Gasteiger partial charge in [-0.15, -0.1) is 0 Å². The van der Waals surface area contributed by atoms with Crippen molar-refractivity contribution in [1.82, 2.24) is 9.88 Å². The summed E-state index contributed by atoms with van der Waals surface area (Å²) in [6.07, 6.45) is 1.98. The highest BCUT2D eigenvalue weighted by Crippen LogP contribution is 2.31. The van der Waals surface area contributed by atoms with Crippen LogP contribution in [-0.4, -0.2) is 21.8 Å². The predicted molar refractivity (Wildman–Crippen MR) is 80.6 cm³/mol. The molecule has 1 amide bonds. The number of carbonyl (C=O) groups excluding carboxylic acids is 1. The van der Waals surface area contributed by atoms with Gasteiger partial charge in [0.2, 0.25) is 0 Å². The molecule has 0 N–H and O–H groups in total. The van der Waals surface area contributed by atoms with Crippen molar-refractivity contribution in [3.63, 3.8) is 0 Å². The summed E-state index contributed by atoms with van der Waals surface area (Å²) in [5.74, 6) is 1.37. The highest BCUT2D eigenvalue weighted by molar-refractivity contribution is 6.34. The van der Waals surface area contributed by atoms with Crippen molar-refractivity contribution in [1.29, 1.82) is 0 Å². The minimum Gasteiger partial charge on any atom is -0.464 e. The average Bonchev–Trinajstić information content (AvgIpc) is 3.21. The molecule has 3 rings (SSSR count). The Labute approximate surface area is 132 Å². The molecule has 4 nitrogen and oxygen atoms in total. The Morgan fingerprint density at radius 2 is 2.10 bits per heavy atom. The molecule has 6 heteroatoms. The number of furan rings is 1. The van der Waals surface area contributed by atoms with Gasteiger partial charge >= 0.3 is 0 Å². The molecule has 0 bridgehead atoms. The molecule has 110 valence electrons. The van der Waals surface area contributed by atoms with Gasteiger partial charge in [-0.1, -0.05) is 23.2 Å². The van der Waals surface area contributed by atoms with Crippen molar-refractivity contribution in [2.45, 2.75) is 32.4 Å². The molecule has 0 atom stereocenters. The van der Waals surface area contributed by atoms with E-state index in [9.17, 15) is 4.79 Å². The molecule has 2 aromatic rings. The van der Waals surface area contributed by atoms with Gasteiger partial charge < -0.3 is 9.32 Å². The molecule has 2 heterocycles. The molecular weight excluding hydrogens is 311 g/mol. The summed E-state index contributed by atoms with van der Waals surface area (Å²) >= 11 is 11.9. The molecule has 0 unspecified atom stereocenters. The lowest BCUT2D eigenvalue weighted by Gasteiger charge is -2.21. The molecule has 0 aliphatic heterocycles. The quantitative estimate of drug-likeness (QED) is 0.795. The van der Waals surface area contributed by atoms with Crippen LogP contribution in [0.1, 0.15) is 34.9 Å². The largest absolute Gasteiger partial charge is 0.464 e. The standard InChI is InChI=1S/C15H14Cl2N2O2/c1-9-2-5-11(21-9)8-19(10-3-4-10)15(20)14-12(16)6-7-13(17)18-14/h2,5-7,10H,3-4,8H2,1H3. The average molecular weight is 325 g/mol. The fourth-order valence-electron chi connectivity index (χ4n) is 2.20. The number of carbonyl (C=O) groups is 1. The summed E-state index contributed by atoms with van der Waals surface area (Å²) in [4.78, 5) is 18.5. The van der Waals surface area contributed by atoms with Crippen molar-refractivity contribution >= 4 is 29.1 Å². The maximum atomic E-state index is 12.7. The van der Waals surface area contributed by atoms with Crippen LogP contribution in [0.3, 0.4) is 0 Å². The number of hydrogen-bond donors (Lipinski definition) is 0. The Hall–Kier alpha value is -1.52. The first-order valence-corrected chi connectivity index (χ1v) is 7.48. The number of rotatable bonds is 4. The lowest BCUT2D eigenvalue weighted by atomic mass is 10.3. The van der Waals surface area contributed by atoms with Gasteiger partial charge in [-0.05, 0) is 44.0 Å². The summed E-state index contributed by atoms with van der Waals surface area (Å²) in [6.45, 7) is 2.30. The smallest absolute Gasteiger partial charge is 0.274 e. The Morgan fingerprint density at radius 3 is 2.71 bits per heavy atom. The first-order valence-electron chi connectivity index (χ1n) is 6.73. The second-order valence-electron chi connectivity index (χ2n) is 5.14. The molecule has 21 heavy (non-hydrogen) atoms. The zero-order valence-corrected chi connectivity index (χ0v) is 13.0. The number of hydrogen-bond acceptors (Lipinski definition) is 3. The zero-order chi connectivity index (χ0) is 15.0. The van der Waals surface area contributed by atoms with E-state index in [1.165, 1.54) is 0 Å². The van der Waals surface area contributed by atoms with E-state index in [4.69, 9.17) is 27.6 Å². The predicted octanol–water partition coefficient (Wildman–Crippen LogP) is 4.09. The summed E-state index contributed by atoms with van der Waals surface area (Å²) < 4.78 is 5.56. The van der Waals surface area contributed by atoms with Crippen LogP contribution < -0.4 is 0 Å². The molecule has 0 saturated heterocycles. The Kier molecular flexibility index (Phi) is 3.91. The first-order chi connectivity index (χ1) is 10.0. The summed E-state index contributed by atoms with van der Waals surface area (Å²) in [5, 5.41) is 0.568. The van der Waals surface area contributed by atoms with Gasteiger partial charge in [-0.25, -0.2) is 4.98 Å². The molecule has 1 aliphatic carbocycles. The summed E-state index contributed by atoms with van der Waals surface area (Å²) in [7, 11) is 0. The Morgan fingerprint density at radius 1 is 1.33 bits per heavy atom. The number of nitrogens with zero attached hydrogens (tertiary/aromatic N) is 2. The second-order valence-corrected chi connectivity index (χ2v) is 5.94. The molecule has 0 radical (unpaired) electrons. The van der Waals surface area contributed by atoms with E-state index in [1.807, 2.05) is 19.1 Å². The SMILES string of the molecule is Cc1ccc(CN(C(=O)c2nc(Cl)ccc2Cl)C2CC2)o1. The van der Waals surface area contributed by atoms with Gasteiger partial charge in [0.05, 0.1) is 11.6 Å². The molecule has 1 aliphatic rings. The summed E-state index contributed by atoms with van der Waals surface area (Å²) in [6, 6.07) is 7.14. The van der Waals surface area contributed by atoms with Crippen LogP contribution in [0.4, 0.5) is 0 Å². The fraction of sp³-hybridized carbons (Fsp3) is 0.333. The van der Waals surface area contributed by atoms with Gasteiger partial charge in [0.1, 0.15) is 22.4 Å². The first kappa shape index (κ1) is 14.4. The second kappa shape index (κ2) is 5.70. The van der Waals surface area contributed by atoms with Crippen molar-refractivity contribution in [2.75, 3.05) is 0 Å². The van der Waals surface area contributed by atoms with E-state index in [1.54, 1.807) is 17.0 Å². The van der Waals surface area contributed by atoms with E-state index in [0.717, 1.165) is 24.4 Å². The molecule has 0 spiro atoms. The summed E-state index contributed by atoms with van der Waals surface area (Å²) in [5.41, 5.74) is 0.194. The maximum absolute atomic E-state index is 12.7. The van der Waals surface area contributed by atoms with Crippen molar-refractivity contribution < 1.29 is 9.21 Å². The van der Waals surface area contributed by atoms with Gasteiger partial charge in [0, 0.05) is 6.04 Å². The van der Waals surface area contributed by atoms with Crippen LogP contribution in [0.15, 0.2) is 28.7 Å². The number of amides is 1. The van der Waals surface area contributed by atoms with Gasteiger partial charge in [-0.3, -0.25) is 4.79 Å². The zero-order valence-electron chi connectivity index (χ0n) is 11.5. The highest BCUT2D eigenvalue weighted by Gasteiger charge is 2.35. The molecule has 1 fully saturated rings. The van der Waals surface area contributed by atoms with Crippen LogP contribution in [0.2, 0.25) is 10.2 Å². The Balaban J connectivity index is 1.86. The Bertz CT molecular complexity index is 680.